The van der Waals surface area contributed by atoms with Crippen LogP contribution < -0.4 is 5.32 Å². The van der Waals surface area contributed by atoms with Gasteiger partial charge in [-0.2, -0.15) is 0 Å². The van der Waals surface area contributed by atoms with Crippen molar-refractivity contribution in [3.05, 3.63) is 29.7 Å². The van der Waals surface area contributed by atoms with Crippen molar-refractivity contribution in [1.29, 1.82) is 0 Å². The molecule has 0 saturated carbocycles. The van der Waals surface area contributed by atoms with Gasteiger partial charge in [-0.1, -0.05) is 6.07 Å². The summed E-state index contributed by atoms with van der Waals surface area (Å²) in [6.45, 7) is 4.24. The van der Waals surface area contributed by atoms with E-state index in [1.54, 1.807) is 0 Å². The third-order valence-electron chi connectivity index (χ3n) is 2.59. The molecule has 0 aliphatic heterocycles. The Hall–Kier alpha value is -1.39. The lowest BCUT2D eigenvalue weighted by molar-refractivity contribution is 0.140. The van der Waals surface area contributed by atoms with Crippen molar-refractivity contribution >= 4 is 11.1 Å². The number of nitrogens with zero attached hydrogens (tertiary/aromatic N) is 1. The zero-order valence-corrected chi connectivity index (χ0v) is 10.3. The Bertz CT molecular complexity index is 479. The van der Waals surface area contributed by atoms with E-state index in [0.717, 1.165) is 37.3 Å². The Morgan fingerprint density at radius 1 is 1.35 bits per heavy atom. The van der Waals surface area contributed by atoms with Gasteiger partial charge in [0.25, 0.3) is 0 Å². The van der Waals surface area contributed by atoms with E-state index >= 15 is 0 Å². The van der Waals surface area contributed by atoms with E-state index < -0.39 is 0 Å². The molecule has 0 radical (unpaired) electrons. The Kier molecular flexibility index (Phi) is 4.12. The number of hydrogen-bond donors (Lipinski definition) is 1. The maximum Gasteiger partial charge on any atom is 0.192 e. The molecule has 0 fully saturated rings. The highest BCUT2D eigenvalue weighted by molar-refractivity contribution is 5.73. The minimum atomic E-state index is 0.711. The van der Waals surface area contributed by atoms with Gasteiger partial charge < -0.3 is 14.5 Å². The highest BCUT2D eigenvalue weighted by Gasteiger charge is 2.02. The van der Waals surface area contributed by atoms with Gasteiger partial charge in [0.1, 0.15) is 5.52 Å². The number of likely N-dealkylation sites (N-methyl/N-ethyl adjacent to an activating group) is 1. The molecular formula is C13H18N2O2. The van der Waals surface area contributed by atoms with E-state index in [1.165, 1.54) is 5.56 Å². The first-order valence-corrected chi connectivity index (χ1v) is 5.88. The third kappa shape index (κ3) is 3.28. The number of aryl methyl sites for hydroxylation is 1. The van der Waals surface area contributed by atoms with Crippen LogP contribution in [0.3, 0.4) is 0 Å². The molecule has 92 valence electrons. The molecule has 4 heteroatoms. The molecule has 0 atom stereocenters. The van der Waals surface area contributed by atoms with E-state index in [4.69, 9.17) is 9.15 Å². The standard InChI is InChI=1S/C13H18N2O2/c1-10-15-12-9-11(3-4-13(12)17-10)5-7-16-8-6-14-2/h3-4,9,14H,5-8H2,1-2H3. The number of fused-ring (bicyclic) bond motifs is 1. The highest BCUT2D eigenvalue weighted by atomic mass is 16.5. The summed E-state index contributed by atoms with van der Waals surface area (Å²) in [5.41, 5.74) is 3.01. The quantitative estimate of drug-likeness (QED) is 0.776. The average Bonchev–Trinajstić information content (AvgIpc) is 2.68. The lowest BCUT2D eigenvalue weighted by atomic mass is 10.1. The van der Waals surface area contributed by atoms with Gasteiger partial charge in [-0.05, 0) is 31.2 Å². The third-order valence-corrected chi connectivity index (χ3v) is 2.59. The van der Waals surface area contributed by atoms with Crippen molar-refractivity contribution < 1.29 is 9.15 Å². The summed E-state index contributed by atoms with van der Waals surface area (Å²) in [4.78, 5) is 4.31. The Balaban J connectivity index is 1.90. The minimum absolute atomic E-state index is 0.711. The van der Waals surface area contributed by atoms with Crippen LogP contribution in [0.25, 0.3) is 11.1 Å². The number of nitrogens with one attached hydrogen (secondary N) is 1. The van der Waals surface area contributed by atoms with Gasteiger partial charge in [0, 0.05) is 13.5 Å². The zero-order chi connectivity index (χ0) is 12.1. The summed E-state index contributed by atoms with van der Waals surface area (Å²) in [5.74, 6) is 0.711. The van der Waals surface area contributed by atoms with Crippen LogP contribution in [0.2, 0.25) is 0 Å². The van der Waals surface area contributed by atoms with Crippen LogP contribution >= 0.6 is 0 Å². The van der Waals surface area contributed by atoms with Crippen LogP contribution in [-0.4, -0.2) is 31.8 Å². The molecule has 0 spiro atoms. The maximum atomic E-state index is 5.49. The van der Waals surface area contributed by atoms with Crippen LogP contribution in [0, 0.1) is 6.92 Å². The summed E-state index contributed by atoms with van der Waals surface area (Å²) < 4.78 is 10.9. The van der Waals surface area contributed by atoms with Crippen molar-refractivity contribution in [2.24, 2.45) is 0 Å². The van der Waals surface area contributed by atoms with Crippen molar-refractivity contribution in [2.45, 2.75) is 13.3 Å². The number of oxazole rings is 1. The molecular weight excluding hydrogens is 216 g/mol. The Morgan fingerprint density at radius 2 is 2.24 bits per heavy atom. The van der Waals surface area contributed by atoms with Crippen LogP contribution in [0.1, 0.15) is 11.5 Å². The predicted molar refractivity (Wildman–Crippen MR) is 67.2 cm³/mol. The van der Waals surface area contributed by atoms with Crippen LogP contribution in [0.5, 0.6) is 0 Å². The first-order valence-electron chi connectivity index (χ1n) is 5.88. The first-order chi connectivity index (χ1) is 8.29. The summed E-state index contributed by atoms with van der Waals surface area (Å²) >= 11 is 0. The largest absolute Gasteiger partial charge is 0.441 e. The number of rotatable bonds is 6. The summed E-state index contributed by atoms with van der Waals surface area (Å²) in [5, 5.41) is 3.05. The molecule has 1 heterocycles. The number of hydrogen-bond acceptors (Lipinski definition) is 4. The van der Waals surface area contributed by atoms with E-state index in [2.05, 4.69) is 22.4 Å². The Labute approximate surface area is 101 Å². The van der Waals surface area contributed by atoms with E-state index in [0.29, 0.717) is 5.89 Å². The molecule has 1 N–H and O–H groups in total. The van der Waals surface area contributed by atoms with Crippen molar-refractivity contribution in [2.75, 3.05) is 26.8 Å². The van der Waals surface area contributed by atoms with Gasteiger partial charge in [0.2, 0.25) is 0 Å². The van der Waals surface area contributed by atoms with Crippen molar-refractivity contribution in [3.8, 4) is 0 Å². The molecule has 0 aliphatic carbocycles. The summed E-state index contributed by atoms with van der Waals surface area (Å²) in [6.07, 6.45) is 0.908. The lowest BCUT2D eigenvalue weighted by Crippen LogP contribution is -2.15. The predicted octanol–water partition coefficient (Wildman–Crippen LogP) is 1.91. The summed E-state index contributed by atoms with van der Waals surface area (Å²) in [6, 6.07) is 6.10. The number of aromatic nitrogens is 1. The fourth-order valence-corrected chi connectivity index (χ4v) is 1.71. The monoisotopic (exact) mass is 234 g/mol. The molecule has 0 bridgehead atoms. The van der Waals surface area contributed by atoms with Gasteiger partial charge in [0.05, 0.1) is 13.2 Å². The molecule has 0 unspecified atom stereocenters. The van der Waals surface area contributed by atoms with Crippen molar-refractivity contribution in [1.82, 2.24) is 10.3 Å². The van der Waals surface area contributed by atoms with Gasteiger partial charge in [-0.25, -0.2) is 4.98 Å². The topological polar surface area (TPSA) is 47.3 Å². The zero-order valence-electron chi connectivity index (χ0n) is 10.3. The molecule has 1 aromatic heterocycles. The van der Waals surface area contributed by atoms with Gasteiger partial charge in [-0.15, -0.1) is 0 Å². The fraction of sp³-hybridized carbons (Fsp3) is 0.462. The molecule has 4 nitrogen and oxygen atoms in total. The van der Waals surface area contributed by atoms with Crippen LogP contribution in [-0.2, 0) is 11.2 Å². The molecule has 17 heavy (non-hydrogen) atoms. The smallest absolute Gasteiger partial charge is 0.192 e. The SMILES string of the molecule is CNCCOCCc1ccc2oc(C)nc2c1. The minimum Gasteiger partial charge on any atom is -0.441 e. The number of benzene rings is 1. The van der Waals surface area contributed by atoms with Gasteiger partial charge in [-0.3, -0.25) is 0 Å². The molecule has 0 amide bonds. The number of ether oxygens (including phenoxy) is 1. The first kappa shape index (κ1) is 12.1. The summed E-state index contributed by atoms with van der Waals surface area (Å²) in [7, 11) is 1.92. The van der Waals surface area contributed by atoms with Crippen LogP contribution in [0.4, 0.5) is 0 Å². The second-order valence-corrected chi connectivity index (χ2v) is 4.00. The van der Waals surface area contributed by atoms with Gasteiger partial charge >= 0.3 is 0 Å². The van der Waals surface area contributed by atoms with E-state index in [9.17, 15) is 0 Å². The molecule has 0 saturated heterocycles. The van der Waals surface area contributed by atoms with Crippen LogP contribution in [0.15, 0.2) is 22.6 Å². The molecule has 0 aliphatic rings. The molecule has 2 aromatic rings. The lowest BCUT2D eigenvalue weighted by Gasteiger charge is -2.03. The Morgan fingerprint density at radius 3 is 3.06 bits per heavy atom. The molecule has 1 aromatic carbocycles. The molecule has 2 rings (SSSR count). The van der Waals surface area contributed by atoms with E-state index in [1.807, 2.05) is 20.0 Å². The van der Waals surface area contributed by atoms with Gasteiger partial charge in [0.15, 0.2) is 11.5 Å². The van der Waals surface area contributed by atoms with Crippen molar-refractivity contribution in [3.63, 3.8) is 0 Å². The van der Waals surface area contributed by atoms with E-state index in [-0.39, 0.29) is 0 Å². The fourth-order valence-electron chi connectivity index (χ4n) is 1.71. The maximum absolute atomic E-state index is 5.49. The second kappa shape index (κ2) is 5.80. The normalized spacial score (nSPS) is 11.2. The highest BCUT2D eigenvalue weighted by Crippen LogP contribution is 2.16. The average molecular weight is 234 g/mol. The second-order valence-electron chi connectivity index (χ2n) is 4.00.